The van der Waals surface area contributed by atoms with E-state index in [0.29, 0.717) is 6.07 Å². The number of nitrogens with two attached hydrogens (primary N) is 1. The van der Waals surface area contributed by atoms with E-state index in [0.717, 1.165) is 6.92 Å². The highest BCUT2D eigenvalue weighted by Crippen LogP contribution is 2.48. The van der Waals surface area contributed by atoms with E-state index in [1.165, 1.54) is 4.90 Å². The molecular formula is C30H31F9N8O2. The molecule has 19 heteroatoms. The number of ether oxygens (including phenoxy) is 2. The molecular weight excluding hydrogens is 675 g/mol. The first-order valence-corrected chi connectivity index (χ1v) is 15.7. The summed E-state index contributed by atoms with van der Waals surface area (Å²) in [5.41, 5.74) is -0.0318. The van der Waals surface area contributed by atoms with E-state index >= 15 is 4.39 Å². The molecule has 5 atom stereocenters. The second-order valence-corrected chi connectivity index (χ2v) is 12.9. The van der Waals surface area contributed by atoms with Crippen molar-refractivity contribution >= 4 is 22.5 Å². The van der Waals surface area contributed by atoms with Gasteiger partial charge in [0.15, 0.2) is 5.82 Å². The van der Waals surface area contributed by atoms with Crippen LogP contribution in [-0.2, 0) is 6.18 Å². The standard InChI is InChI=1S/C30H31F9N8O2/c1-3-16-23-24(30(37,38)39)49-26-18-22(20(33)21(43-26)15-6-17(40)42-12(2)19(15)29(34,35)36)44-27(45-25(18)47(23)5-4-41-16)48-11-28-7-13(31)9-46(28)10-14(32)8-28/h6,13-14,16,23-24,41H,3-5,7-11H2,1-2H3,(H2,40,42)/t13-,14-,16+,23+,24-/m1/s1. The van der Waals surface area contributed by atoms with E-state index in [1.807, 2.05) is 0 Å². The maximum Gasteiger partial charge on any atom is 0.427 e. The van der Waals surface area contributed by atoms with Crippen molar-refractivity contribution in [3.63, 3.8) is 0 Å². The SMILES string of the molecule is CC[C@@H]1NCCN2c3nc(OCC45C[C@@H](F)CN4C[C@H](F)C5)nc4c(F)c(-c5cc(N)nc(C)c5C(F)(F)F)nc(c34)O[C@@H](C(F)(F)F)[C@H]12. The van der Waals surface area contributed by atoms with Crippen LogP contribution in [0.3, 0.4) is 0 Å². The average molecular weight is 707 g/mol. The maximum atomic E-state index is 16.7. The van der Waals surface area contributed by atoms with Crippen molar-refractivity contribution in [2.45, 2.75) is 81.5 Å². The van der Waals surface area contributed by atoms with Crippen LogP contribution in [0.25, 0.3) is 22.2 Å². The van der Waals surface area contributed by atoms with E-state index in [1.54, 1.807) is 11.8 Å². The minimum absolute atomic E-state index is 0.0340. The highest BCUT2D eigenvalue weighted by atomic mass is 19.4. The number of aryl methyl sites for hydroxylation is 1. The van der Waals surface area contributed by atoms with Gasteiger partial charge in [0.25, 0.3) is 0 Å². The van der Waals surface area contributed by atoms with Crippen molar-refractivity contribution in [1.82, 2.24) is 30.2 Å². The third-order valence-corrected chi connectivity index (χ3v) is 9.77. The molecule has 0 bridgehead atoms. The summed E-state index contributed by atoms with van der Waals surface area (Å²) in [4.78, 5) is 19.0. The Bertz CT molecular complexity index is 1780. The van der Waals surface area contributed by atoms with E-state index in [9.17, 15) is 35.1 Å². The zero-order valence-electron chi connectivity index (χ0n) is 26.1. The Labute approximate surface area is 273 Å². The molecule has 3 fully saturated rings. The van der Waals surface area contributed by atoms with Crippen molar-refractivity contribution in [2.75, 3.05) is 43.4 Å². The second-order valence-electron chi connectivity index (χ2n) is 12.9. The number of nitrogen functional groups attached to an aromatic ring is 1. The summed E-state index contributed by atoms with van der Waals surface area (Å²) in [7, 11) is 0. The van der Waals surface area contributed by atoms with Gasteiger partial charge in [-0.3, -0.25) is 4.90 Å². The second kappa shape index (κ2) is 11.6. The number of alkyl halides is 8. The summed E-state index contributed by atoms with van der Waals surface area (Å²) in [6, 6.07) is -2.14. The number of hydrogen-bond acceptors (Lipinski definition) is 10. The molecule has 0 amide bonds. The Morgan fingerprint density at radius 1 is 1.06 bits per heavy atom. The first-order valence-electron chi connectivity index (χ1n) is 15.7. The van der Waals surface area contributed by atoms with Crippen LogP contribution >= 0.6 is 0 Å². The summed E-state index contributed by atoms with van der Waals surface area (Å²) >= 11 is 0. The molecule has 0 radical (unpaired) electrons. The molecule has 7 heterocycles. The number of fused-ring (bicyclic) bond motifs is 3. The third-order valence-electron chi connectivity index (χ3n) is 9.77. The molecule has 0 aromatic carbocycles. The molecule has 3 aromatic rings. The zero-order chi connectivity index (χ0) is 35.2. The topological polar surface area (TPSA) is 115 Å². The Kier molecular flexibility index (Phi) is 7.96. The van der Waals surface area contributed by atoms with Gasteiger partial charge in [-0.05, 0) is 19.4 Å². The fourth-order valence-corrected chi connectivity index (χ4v) is 7.84. The lowest BCUT2D eigenvalue weighted by atomic mass is 9.94. The fraction of sp³-hybridized carbons (Fsp3) is 0.600. The van der Waals surface area contributed by atoms with Crippen molar-refractivity contribution in [3.05, 3.63) is 23.1 Å². The molecule has 3 aromatic heterocycles. The molecule has 49 heavy (non-hydrogen) atoms. The number of nitrogens with zero attached hydrogens (tertiary/aromatic N) is 6. The Hall–Kier alpha value is -3.87. The van der Waals surface area contributed by atoms with Gasteiger partial charge in [0.2, 0.25) is 12.0 Å². The van der Waals surface area contributed by atoms with Gasteiger partial charge < -0.3 is 25.4 Å². The zero-order valence-corrected chi connectivity index (χ0v) is 26.1. The van der Waals surface area contributed by atoms with Crippen molar-refractivity contribution in [1.29, 1.82) is 0 Å². The van der Waals surface area contributed by atoms with Crippen LogP contribution in [-0.4, -0.2) is 99.9 Å². The number of pyridine rings is 2. The molecule has 3 N–H and O–H groups in total. The number of rotatable bonds is 5. The first-order chi connectivity index (χ1) is 23.0. The lowest BCUT2D eigenvalue weighted by Gasteiger charge is -2.44. The summed E-state index contributed by atoms with van der Waals surface area (Å²) in [6.07, 6.45) is -15.2. The van der Waals surface area contributed by atoms with Gasteiger partial charge in [-0.15, -0.1) is 0 Å². The number of hydrogen-bond donors (Lipinski definition) is 2. The summed E-state index contributed by atoms with van der Waals surface area (Å²) in [5, 5.41) is 2.62. The molecule has 266 valence electrons. The predicted molar refractivity (Wildman–Crippen MR) is 157 cm³/mol. The normalized spacial score (nSPS) is 26.8. The van der Waals surface area contributed by atoms with Crippen LogP contribution < -0.4 is 25.4 Å². The highest BCUT2D eigenvalue weighted by Gasteiger charge is 2.56. The minimum Gasteiger partial charge on any atom is -0.462 e. The maximum absolute atomic E-state index is 16.7. The van der Waals surface area contributed by atoms with E-state index in [-0.39, 0.29) is 57.9 Å². The van der Waals surface area contributed by atoms with Crippen LogP contribution in [0.1, 0.15) is 37.4 Å². The van der Waals surface area contributed by atoms with E-state index in [4.69, 9.17) is 15.2 Å². The summed E-state index contributed by atoms with van der Waals surface area (Å²) < 4.78 is 145. The van der Waals surface area contributed by atoms with E-state index < -0.39 is 105 Å². The third kappa shape index (κ3) is 5.61. The van der Waals surface area contributed by atoms with Gasteiger partial charge >= 0.3 is 18.4 Å². The lowest BCUT2D eigenvalue weighted by Crippen LogP contribution is -2.66. The molecule has 0 saturated carbocycles. The van der Waals surface area contributed by atoms with Crippen molar-refractivity contribution in [2.24, 2.45) is 0 Å². The smallest absolute Gasteiger partial charge is 0.427 e. The number of aromatic nitrogens is 4. The van der Waals surface area contributed by atoms with Gasteiger partial charge in [0.1, 0.15) is 47.2 Å². The molecule has 7 rings (SSSR count). The molecule has 0 aliphatic carbocycles. The van der Waals surface area contributed by atoms with Gasteiger partial charge in [-0.1, -0.05) is 6.92 Å². The monoisotopic (exact) mass is 706 g/mol. The van der Waals surface area contributed by atoms with Gasteiger partial charge in [-0.2, -0.15) is 36.3 Å². The largest absolute Gasteiger partial charge is 0.462 e. The summed E-state index contributed by atoms with van der Waals surface area (Å²) in [5.74, 6) is -2.97. The van der Waals surface area contributed by atoms with Crippen LogP contribution in [0.4, 0.5) is 51.1 Å². The van der Waals surface area contributed by atoms with Crippen LogP contribution in [0, 0.1) is 12.7 Å². The molecule has 0 spiro atoms. The number of nitrogens with one attached hydrogen (secondary N) is 1. The molecule has 3 saturated heterocycles. The Morgan fingerprint density at radius 3 is 2.39 bits per heavy atom. The number of halogens is 9. The molecule has 4 aliphatic heterocycles. The molecule has 4 aliphatic rings. The number of piperazine rings is 1. The average Bonchev–Trinajstić information content (AvgIpc) is 3.41. The molecule has 10 nitrogen and oxygen atoms in total. The van der Waals surface area contributed by atoms with Gasteiger partial charge in [0, 0.05) is 50.6 Å². The Morgan fingerprint density at radius 2 is 1.76 bits per heavy atom. The first kappa shape index (κ1) is 33.6. The highest BCUT2D eigenvalue weighted by molar-refractivity contribution is 5.97. The quantitative estimate of drug-likeness (QED) is 0.355. The summed E-state index contributed by atoms with van der Waals surface area (Å²) in [6.45, 7) is 2.38. The van der Waals surface area contributed by atoms with Gasteiger partial charge in [-0.25, -0.2) is 23.1 Å². The minimum atomic E-state index is -5.10. The predicted octanol–water partition coefficient (Wildman–Crippen LogP) is 4.92. The van der Waals surface area contributed by atoms with Crippen LogP contribution in [0.5, 0.6) is 11.9 Å². The van der Waals surface area contributed by atoms with Crippen molar-refractivity contribution in [3.8, 4) is 23.1 Å². The van der Waals surface area contributed by atoms with E-state index in [2.05, 4.69) is 25.3 Å². The lowest BCUT2D eigenvalue weighted by molar-refractivity contribution is -0.204. The fourth-order valence-electron chi connectivity index (χ4n) is 7.84. The molecule has 0 unspecified atom stereocenters. The number of anilines is 2. The van der Waals surface area contributed by atoms with Gasteiger partial charge in [0.05, 0.1) is 22.8 Å². The van der Waals surface area contributed by atoms with Crippen molar-refractivity contribution < 1.29 is 49.0 Å². The van der Waals surface area contributed by atoms with Crippen LogP contribution in [0.15, 0.2) is 6.07 Å². The Balaban J connectivity index is 1.46. The van der Waals surface area contributed by atoms with Crippen LogP contribution in [0.2, 0.25) is 0 Å².